The summed E-state index contributed by atoms with van der Waals surface area (Å²) in [6, 6.07) is 0. The number of halogens is 3. The quantitative estimate of drug-likeness (QED) is 0.249. The normalized spacial score (nSPS) is 0. The van der Waals surface area contributed by atoms with Gasteiger partial charge in [-0.2, -0.15) is 9.90 Å². The van der Waals surface area contributed by atoms with Crippen molar-refractivity contribution in [1.82, 2.24) is 0 Å². The maximum Gasteiger partial charge on any atom is 1.00 e. The second-order valence-corrected chi connectivity index (χ2v) is 0. The van der Waals surface area contributed by atoms with Crippen LogP contribution >= 0.6 is 34.7 Å². The van der Waals surface area contributed by atoms with Crippen molar-refractivity contribution in [3.8, 4) is 0 Å². The molecule has 0 aromatic rings. The van der Waals surface area contributed by atoms with Crippen molar-refractivity contribution < 1.29 is 42.0 Å². The first-order valence-electron chi connectivity index (χ1n) is 0. The van der Waals surface area contributed by atoms with E-state index in [1.165, 1.54) is 0 Å². The molecule has 0 heterocycles. The Morgan fingerprint density at radius 2 is 0.800 bits per heavy atom. The van der Waals surface area contributed by atoms with E-state index in [0.717, 1.165) is 0 Å². The molecule has 1 unspecified atom stereocenters. The average molecular weight is 165 g/mol. The van der Waals surface area contributed by atoms with Gasteiger partial charge in [0.1, 0.15) is 0 Å². The van der Waals surface area contributed by atoms with E-state index in [1.807, 2.05) is 0 Å². The predicted molar refractivity (Wildman–Crippen MR) is 25.6 cm³/mol. The van der Waals surface area contributed by atoms with Crippen LogP contribution in [-0.4, -0.2) is 0 Å². The molecule has 0 fully saturated rings. The Kier molecular flexibility index (Phi) is 366. The van der Waals surface area contributed by atoms with Crippen molar-refractivity contribution >= 4 is 34.7 Å². The SMILES string of the molecule is Cl.Cl.P.[Cl-].[Na+]. The fraction of sp³-hybridized carbons (Fsp3) is 0. The molecule has 0 aromatic carbocycles. The minimum atomic E-state index is 0. The van der Waals surface area contributed by atoms with Gasteiger partial charge in [0, 0.05) is 0 Å². The maximum absolute atomic E-state index is 0. The zero-order valence-electron chi connectivity index (χ0n) is 2.90. The third-order valence-corrected chi connectivity index (χ3v) is 0. The van der Waals surface area contributed by atoms with Crippen LogP contribution in [0.15, 0.2) is 0 Å². The van der Waals surface area contributed by atoms with Gasteiger partial charge in [-0.3, -0.25) is 0 Å². The zero-order chi connectivity index (χ0) is 0. The summed E-state index contributed by atoms with van der Waals surface area (Å²) < 4.78 is 0. The Hall–Kier alpha value is 2.30. The molecule has 1 atom stereocenters. The van der Waals surface area contributed by atoms with Crippen LogP contribution in [0.4, 0.5) is 0 Å². The molecule has 0 aliphatic heterocycles. The molecule has 0 aliphatic carbocycles. The summed E-state index contributed by atoms with van der Waals surface area (Å²) in [5.74, 6) is 0. The Bertz CT molecular complexity index is 6.85. The molecule has 0 rings (SSSR count). The van der Waals surface area contributed by atoms with Crippen LogP contribution in [-0.2, 0) is 0 Å². The molecular formula is H5Cl3NaP. The van der Waals surface area contributed by atoms with Crippen LogP contribution in [0, 0.1) is 0 Å². The van der Waals surface area contributed by atoms with Gasteiger partial charge in [0.2, 0.25) is 0 Å². The molecule has 0 N–H and O–H groups in total. The summed E-state index contributed by atoms with van der Waals surface area (Å²) in [6.45, 7) is 0. The molecule has 0 saturated carbocycles. The van der Waals surface area contributed by atoms with Gasteiger partial charge in [0.25, 0.3) is 0 Å². The molecule has 0 radical (unpaired) electrons. The second-order valence-electron chi connectivity index (χ2n) is 0. The van der Waals surface area contributed by atoms with Crippen molar-refractivity contribution in [2.45, 2.75) is 0 Å². The molecule has 0 bridgehead atoms. The van der Waals surface area contributed by atoms with Crippen LogP contribution in [0.5, 0.6) is 0 Å². The molecule has 5 heteroatoms. The first-order valence-corrected chi connectivity index (χ1v) is 0. The average Bonchev–Trinajstić information content (AvgIpc) is 0. The number of hydrogen-bond donors (Lipinski definition) is 0. The molecule has 32 valence electrons. The van der Waals surface area contributed by atoms with Crippen LogP contribution in [0.25, 0.3) is 0 Å². The predicted octanol–water partition coefficient (Wildman–Crippen LogP) is -5.09. The standard InChI is InChI=1S/3ClH.Na.H3P/h3*1H;;1H3/q;;;+1;/p-1. The van der Waals surface area contributed by atoms with E-state index in [9.17, 15) is 0 Å². The Labute approximate surface area is 76.0 Å². The summed E-state index contributed by atoms with van der Waals surface area (Å²) in [5, 5.41) is 0. The summed E-state index contributed by atoms with van der Waals surface area (Å²) >= 11 is 0. The van der Waals surface area contributed by atoms with Crippen LogP contribution in [0.1, 0.15) is 0 Å². The molecule has 0 spiro atoms. The van der Waals surface area contributed by atoms with Gasteiger partial charge < -0.3 is 12.4 Å². The smallest absolute Gasteiger partial charge is 1.00 e. The minimum absolute atomic E-state index is 0. The summed E-state index contributed by atoms with van der Waals surface area (Å²) in [6.07, 6.45) is 0. The summed E-state index contributed by atoms with van der Waals surface area (Å²) in [5.41, 5.74) is 0. The van der Waals surface area contributed by atoms with Crippen LogP contribution in [0.2, 0.25) is 0 Å². The summed E-state index contributed by atoms with van der Waals surface area (Å²) in [4.78, 5) is 0. The van der Waals surface area contributed by atoms with E-state index in [2.05, 4.69) is 0 Å². The van der Waals surface area contributed by atoms with Gasteiger partial charge in [0.15, 0.2) is 0 Å². The zero-order valence-corrected chi connectivity index (χ0v) is 8.70. The third-order valence-electron chi connectivity index (χ3n) is 0. The van der Waals surface area contributed by atoms with E-state index in [1.54, 1.807) is 0 Å². The molecule has 0 amide bonds. The van der Waals surface area contributed by atoms with Gasteiger partial charge in [-0.15, -0.1) is 24.8 Å². The fourth-order valence-electron chi connectivity index (χ4n) is 0. The first-order chi connectivity index (χ1) is 0. The molecule has 0 nitrogen and oxygen atoms in total. The molecule has 0 aliphatic rings. The minimum Gasteiger partial charge on any atom is -1.00 e. The van der Waals surface area contributed by atoms with Crippen LogP contribution in [0.3, 0.4) is 0 Å². The van der Waals surface area contributed by atoms with Gasteiger partial charge in [-0.25, -0.2) is 0 Å². The summed E-state index contributed by atoms with van der Waals surface area (Å²) in [7, 11) is 0. The van der Waals surface area contributed by atoms with E-state index >= 15 is 0 Å². The molecule has 0 aromatic heterocycles. The second kappa shape index (κ2) is 33.5. The van der Waals surface area contributed by atoms with E-state index in [4.69, 9.17) is 0 Å². The largest absolute Gasteiger partial charge is 1.00 e. The van der Waals surface area contributed by atoms with Crippen molar-refractivity contribution in [2.75, 3.05) is 0 Å². The first kappa shape index (κ1) is 54.8. The van der Waals surface area contributed by atoms with Crippen molar-refractivity contribution in [2.24, 2.45) is 0 Å². The van der Waals surface area contributed by atoms with E-state index in [-0.39, 0.29) is 76.7 Å². The Morgan fingerprint density at radius 3 is 0.800 bits per heavy atom. The topological polar surface area (TPSA) is 0 Å². The van der Waals surface area contributed by atoms with Crippen molar-refractivity contribution in [1.29, 1.82) is 0 Å². The van der Waals surface area contributed by atoms with Gasteiger partial charge in [0.05, 0.1) is 0 Å². The monoisotopic (exact) mass is 164 g/mol. The third kappa shape index (κ3) is 22.0. The van der Waals surface area contributed by atoms with Gasteiger partial charge >= 0.3 is 29.6 Å². The maximum atomic E-state index is 0. The van der Waals surface area contributed by atoms with Crippen molar-refractivity contribution in [3.63, 3.8) is 0 Å². The Balaban J connectivity index is 0. The fourth-order valence-corrected chi connectivity index (χ4v) is 0. The number of hydrogen-bond acceptors (Lipinski definition) is 0. The van der Waals surface area contributed by atoms with E-state index in [0.29, 0.717) is 0 Å². The van der Waals surface area contributed by atoms with Gasteiger partial charge in [-0.05, 0) is 0 Å². The van der Waals surface area contributed by atoms with Gasteiger partial charge in [-0.1, -0.05) is 0 Å². The van der Waals surface area contributed by atoms with Crippen molar-refractivity contribution in [3.05, 3.63) is 0 Å². The number of rotatable bonds is 0. The van der Waals surface area contributed by atoms with Crippen LogP contribution < -0.4 is 42.0 Å². The van der Waals surface area contributed by atoms with E-state index < -0.39 is 0 Å². The Morgan fingerprint density at radius 1 is 0.800 bits per heavy atom. The molecular weight excluding hydrogens is 160 g/mol. The molecule has 0 saturated heterocycles. The molecule has 5 heavy (non-hydrogen) atoms.